The summed E-state index contributed by atoms with van der Waals surface area (Å²) in [5, 5.41) is 19.9. The molecule has 1 saturated carbocycles. The Bertz CT molecular complexity index is 414. The van der Waals surface area contributed by atoms with Gasteiger partial charge in [0.25, 0.3) is 0 Å². The maximum absolute atomic E-state index is 13.4. The number of phenolic OH excluding ortho intramolecular Hbond substituents is 1. The van der Waals surface area contributed by atoms with Crippen LogP contribution in [-0.2, 0) is 12.1 Å². The zero-order valence-corrected chi connectivity index (χ0v) is 9.50. The summed E-state index contributed by atoms with van der Waals surface area (Å²) >= 11 is 0. The molecule has 0 saturated heterocycles. The van der Waals surface area contributed by atoms with Crippen molar-refractivity contribution in [1.29, 1.82) is 0 Å². The van der Waals surface area contributed by atoms with Crippen molar-refractivity contribution in [2.75, 3.05) is 14.1 Å². The molecule has 16 heavy (non-hydrogen) atoms. The van der Waals surface area contributed by atoms with Crippen LogP contribution in [0.2, 0.25) is 0 Å². The molecule has 0 heterocycles. The number of rotatable bonds is 3. The van der Waals surface area contributed by atoms with E-state index in [1.165, 1.54) is 12.1 Å². The van der Waals surface area contributed by atoms with Crippen LogP contribution in [0.3, 0.4) is 0 Å². The van der Waals surface area contributed by atoms with Gasteiger partial charge in [0, 0.05) is 17.7 Å². The first-order valence-electron chi connectivity index (χ1n) is 5.31. The molecular formula is C12H16FNO2. The summed E-state index contributed by atoms with van der Waals surface area (Å²) in [6, 6.07) is 2.53. The molecule has 0 spiro atoms. The molecule has 1 aliphatic carbocycles. The summed E-state index contributed by atoms with van der Waals surface area (Å²) in [4.78, 5) is 1.84. The molecule has 0 unspecified atom stereocenters. The second-order valence-corrected chi connectivity index (χ2v) is 4.73. The minimum Gasteiger partial charge on any atom is -0.507 e. The third-order valence-corrected chi connectivity index (χ3v) is 2.87. The first-order chi connectivity index (χ1) is 7.42. The topological polar surface area (TPSA) is 43.7 Å². The van der Waals surface area contributed by atoms with E-state index >= 15 is 0 Å². The Morgan fingerprint density at radius 1 is 1.38 bits per heavy atom. The van der Waals surface area contributed by atoms with E-state index in [2.05, 4.69) is 0 Å². The summed E-state index contributed by atoms with van der Waals surface area (Å²) in [7, 11) is 3.69. The van der Waals surface area contributed by atoms with Crippen LogP contribution in [0.1, 0.15) is 24.0 Å². The second-order valence-electron chi connectivity index (χ2n) is 4.73. The smallest absolute Gasteiger partial charge is 0.126 e. The van der Waals surface area contributed by atoms with Gasteiger partial charge in [0.1, 0.15) is 11.6 Å². The highest BCUT2D eigenvalue weighted by Gasteiger charge is 2.44. The van der Waals surface area contributed by atoms with Crippen LogP contribution in [0.15, 0.2) is 12.1 Å². The molecule has 88 valence electrons. The molecule has 1 aromatic carbocycles. The summed E-state index contributed by atoms with van der Waals surface area (Å²) in [5.41, 5.74) is -0.169. The molecule has 2 N–H and O–H groups in total. The molecule has 0 bridgehead atoms. The van der Waals surface area contributed by atoms with Crippen molar-refractivity contribution >= 4 is 0 Å². The van der Waals surface area contributed by atoms with E-state index in [1.807, 2.05) is 19.0 Å². The van der Waals surface area contributed by atoms with Gasteiger partial charge in [-0.3, -0.25) is 0 Å². The van der Waals surface area contributed by atoms with Crippen molar-refractivity contribution in [1.82, 2.24) is 4.90 Å². The van der Waals surface area contributed by atoms with Crippen LogP contribution >= 0.6 is 0 Å². The average molecular weight is 225 g/mol. The molecule has 1 aliphatic rings. The van der Waals surface area contributed by atoms with Gasteiger partial charge in [-0.1, -0.05) is 0 Å². The number of hydrogen-bond acceptors (Lipinski definition) is 3. The molecule has 0 amide bonds. The van der Waals surface area contributed by atoms with Crippen LogP contribution in [-0.4, -0.2) is 29.2 Å². The summed E-state index contributed by atoms with van der Waals surface area (Å²) in [6.45, 7) is 0.451. The van der Waals surface area contributed by atoms with E-state index in [4.69, 9.17) is 0 Å². The highest BCUT2D eigenvalue weighted by Crippen LogP contribution is 2.49. The highest BCUT2D eigenvalue weighted by atomic mass is 19.1. The van der Waals surface area contributed by atoms with E-state index in [0.29, 0.717) is 30.5 Å². The fourth-order valence-electron chi connectivity index (χ4n) is 1.86. The van der Waals surface area contributed by atoms with Gasteiger partial charge < -0.3 is 15.1 Å². The first-order valence-corrected chi connectivity index (χ1v) is 5.31. The fraction of sp³-hybridized carbons (Fsp3) is 0.500. The third kappa shape index (κ3) is 2.03. The van der Waals surface area contributed by atoms with Crippen molar-refractivity contribution in [2.24, 2.45) is 0 Å². The molecule has 0 aromatic heterocycles. The van der Waals surface area contributed by atoms with E-state index in [-0.39, 0.29) is 5.75 Å². The molecule has 0 radical (unpaired) electrons. The van der Waals surface area contributed by atoms with E-state index in [0.717, 1.165) is 0 Å². The van der Waals surface area contributed by atoms with Gasteiger partial charge in [-0.15, -0.1) is 0 Å². The normalized spacial score (nSPS) is 17.8. The molecule has 0 atom stereocenters. The van der Waals surface area contributed by atoms with Gasteiger partial charge in [-0.2, -0.15) is 0 Å². The number of nitrogens with zero attached hydrogens (tertiary/aromatic N) is 1. The largest absolute Gasteiger partial charge is 0.507 e. The maximum atomic E-state index is 13.4. The Morgan fingerprint density at radius 3 is 2.50 bits per heavy atom. The molecule has 0 aliphatic heterocycles. The highest BCUT2D eigenvalue weighted by molar-refractivity contribution is 5.46. The van der Waals surface area contributed by atoms with Crippen LogP contribution in [0.5, 0.6) is 5.75 Å². The zero-order valence-electron chi connectivity index (χ0n) is 9.50. The van der Waals surface area contributed by atoms with Crippen molar-refractivity contribution in [2.45, 2.75) is 25.0 Å². The van der Waals surface area contributed by atoms with Gasteiger partial charge in [0.2, 0.25) is 0 Å². The van der Waals surface area contributed by atoms with Crippen LogP contribution in [0.4, 0.5) is 4.39 Å². The van der Waals surface area contributed by atoms with Crippen LogP contribution in [0, 0.1) is 5.82 Å². The Kier molecular flexibility index (Phi) is 2.64. The quantitative estimate of drug-likeness (QED) is 0.820. The van der Waals surface area contributed by atoms with E-state index < -0.39 is 11.4 Å². The Balaban J connectivity index is 2.42. The minimum absolute atomic E-state index is 0.0232. The summed E-state index contributed by atoms with van der Waals surface area (Å²) in [6.07, 6.45) is 1.18. The third-order valence-electron chi connectivity index (χ3n) is 2.87. The SMILES string of the molecule is CN(C)Cc1cc(F)cc(C2(O)CC2)c1O. The fourth-order valence-corrected chi connectivity index (χ4v) is 1.86. The maximum Gasteiger partial charge on any atom is 0.126 e. The standard InChI is InChI=1S/C12H16FNO2/c1-14(2)7-8-5-9(13)6-10(11(8)15)12(16)3-4-12/h5-6,15-16H,3-4,7H2,1-2H3. The molecule has 3 nitrogen and oxygen atoms in total. The molecule has 1 fully saturated rings. The number of phenols is 1. The summed E-state index contributed by atoms with van der Waals surface area (Å²) < 4.78 is 13.4. The average Bonchev–Trinajstić information content (AvgIpc) is 2.90. The Morgan fingerprint density at radius 2 is 2.00 bits per heavy atom. The lowest BCUT2D eigenvalue weighted by Crippen LogP contribution is -2.13. The molecule has 1 aromatic rings. The second kappa shape index (κ2) is 3.71. The monoisotopic (exact) mass is 225 g/mol. The van der Waals surface area contributed by atoms with Crippen LogP contribution in [0.25, 0.3) is 0 Å². The van der Waals surface area contributed by atoms with Crippen molar-refractivity contribution in [3.63, 3.8) is 0 Å². The van der Waals surface area contributed by atoms with Gasteiger partial charge in [0.05, 0.1) is 5.60 Å². The number of halogens is 1. The number of aliphatic hydroxyl groups is 1. The molecule has 4 heteroatoms. The van der Waals surface area contributed by atoms with Gasteiger partial charge in [-0.05, 0) is 39.1 Å². The Labute approximate surface area is 94.1 Å². The van der Waals surface area contributed by atoms with Gasteiger partial charge >= 0.3 is 0 Å². The van der Waals surface area contributed by atoms with Gasteiger partial charge in [-0.25, -0.2) is 4.39 Å². The lowest BCUT2D eigenvalue weighted by Gasteiger charge is -2.16. The number of hydrogen-bond donors (Lipinski definition) is 2. The lowest BCUT2D eigenvalue weighted by atomic mass is 10.0. The number of aromatic hydroxyl groups is 1. The predicted molar refractivity (Wildman–Crippen MR) is 58.6 cm³/mol. The molecular weight excluding hydrogens is 209 g/mol. The van der Waals surface area contributed by atoms with Crippen LogP contribution < -0.4 is 0 Å². The van der Waals surface area contributed by atoms with Crippen molar-refractivity contribution < 1.29 is 14.6 Å². The molecule has 2 rings (SSSR count). The lowest BCUT2D eigenvalue weighted by molar-refractivity contribution is 0.147. The Hall–Kier alpha value is -1.13. The first kappa shape index (κ1) is 11.4. The summed E-state index contributed by atoms with van der Waals surface area (Å²) in [5.74, 6) is -0.389. The van der Waals surface area contributed by atoms with Gasteiger partial charge in [0.15, 0.2) is 0 Å². The van der Waals surface area contributed by atoms with E-state index in [9.17, 15) is 14.6 Å². The minimum atomic E-state index is -1.01. The predicted octanol–water partition coefficient (Wildman–Crippen LogP) is 1.57. The zero-order chi connectivity index (χ0) is 11.9. The number of benzene rings is 1. The van der Waals surface area contributed by atoms with Crippen molar-refractivity contribution in [3.8, 4) is 5.75 Å². The van der Waals surface area contributed by atoms with Crippen molar-refractivity contribution in [3.05, 3.63) is 29.1 Å². The van der Waals surface area contributed by atoms with E-state index in [1.54, 1.807) is 0 Å².